The van der Waals surface area contributed by atoms with Crippen molar-refractivity contribution in [1.82, 2.24) is 14.1 Å². The van der Waals surface area contributed by atoms with E-state index >= 15 is 0 Å². The lowest BCUT2D eigenvalue weighted by Crippen LogP contribution is -2.41. The van der Waals surface area contributed by atoms with Crippen LogP contribution in [0, 0.1) is 5.92 Å². The van der Waals surface area contributed by atoms with Crippen molar-refractivity contribution < 1.29 is 17.9 Å². The summed E-state index contributed by atoms with van der Waals surface area (Å²) >= 11 is 0. The van der Waals surface area contributed by atoms with Crippen LogP contribution in [0.1, 0.15) is 44.9 Å². The Balaban J connectivity index is 1.89. The van der Waals surface area contributed by atoms with Gasteiger partial charge < -0.3 is 4.74 Å². The minimum atomic E-state index is -3.71. The van der Waals surface area contributed by atoms with Crippen molar-refractivity contribution in [2.75, 3.05) is 20.2 Å². The molecular formula is C21H29N3O4S. The van der Waals surface area contributed by atoms with Gasteiger partial charge in [0.15, 0.2) is 0 Å². The normalized spacial score (nSPS) is 16.7. The van der Waals surface area contributed by atoms with Crippen LogP contribution in [-0.2, 0) is 31.5 Å². The topological polar surface area (TPSA) is 81.5 Å². The first-order valence-corrected chi connectivity index (χ1v) is 11.3. The Morgan fingerprint density at radius 2 is 1.79 bits per heavy atom. The highest BCUT2D eigenvalue weighted by atomic mass is 32.2. The molecule has 0 bridgehead atoms. The first kappa shape index (κ1) is 21.5. The number of sulfonamides is 1. The molecule has 0 radical (unpaired) electrons. The Hall–Kier alpha value is -2.19. The maximum absolute atomic E-state index is 13.4. The summed E-state index contributed by atoms with van der Waals surface area (Å²) in [6.45, 7) is 7.00. The highest BCUT2D eigenvalue weighted by molar-refractivity contribution is 7.89. The summed E-state index contributed by atoms with van der Waals surface area (Å²) in [6.07, 6.45) is 2.57. The van der Waals surface area contributed by atoms with Crippen LogP contribution in [0.4, 0.5) is 0 Å². The minimum absolute atomic E-state index is 0.241. The molecule has 29 heavy (non-hydrogen) atoms. The van der Waals surface area contributed by atoms with E-state index in [4.69, 9.17) is 4.74 Å². The smallest absolute Gasteiger partial charge is 0.308 e. The molecule has 3 rings (SSSR count). The molecule has 8 heteroatoms. The molecule has 1 aromatic carbocycles. The Morgan fingerprint density at radius 1 is 1.17 bits per heavy atom. The summed E-state index contributed by atoms with van der Waals surface area (Å²) in [5, 5.41) is 4.63. The zero-order valence-corrected chi connectivity index (χ0v) is 18.3. The molecule has 0 unspecified atom stereocenters. The number of hydrogen-bond acceptors (Lipinski definition) is 5. The number of aromatic nitrogens is 2. The minimum Gasteiger partial charge on any atom is -0.469 e. The Kier molecular flexibility index (Phi) is 6.14. The SMILES string of the molecule is COC(=O)C1CCN(S(=O)(=O)c2cn(Cc3ccccc3)nc2C(C)(C)C)CC1. The summed E-state index contributed by atoms with van der Waals surface area (Å²) in [7, 11) is -2.34. The average Bonchev–Trinajstić information content (AvgIpc) is 3.13. The molecule has 0 amide bonds. The number of benzene rings is 1. The van der Waals surface area contributed by atoms with Crippen LogP contribution in [0.25, 0.3) is 0 Å². The summed E-state index contributed by atoms with van der Waals surface area (Å²) < 4.78 is 34.8. The van der Waals surface area contributed by atoms with Crippen molar-refractivity contribution in [2.24, 2.45) is 5.92 Å². The summed E-state index contributed by atoms with van der Waals surface area (Å²) in [5.41, 5.74) is 1.19. The number of methoxy groups -OCH3 is 1. The van der Waals surface area contributed by atoms with Crippen LogP contribution in [0.2, 0.25) is 0 Å². The van der Waals surface area contributed by atoms with E-state index in [-0.39, 0.29) is 16.8 Å². The number of nitrogens with zero attached hydrogens (tertiary/aromatic N) is 3. The van der Waals surface area contributed by atoms with Gasteiger partial charge in [-0.2, -0.15) is 9.40 Å². The third kappa shape index (κ3) is 4.70. The van der Waals surface area contributed by atoms with E-state index in [1.807, 2.05) is 51.1 Å². The summed E-state index contributed by atoms with van der Waals surface area (Å²) in [4.78, 5) is 12.0. The lowest BCUT2D eigenvalue weighted by Gasteiger charge is -2.30. The standard InChI is InChI=1S/C21H29N3O4S/c1-21(2,3)19-18(15-23(22-19)14-16-8-6-5-7-9-16)29(26,27)24-12-10-17(11-13-24)20(25)28-4/h5-9,15,17H,10-14H2,1-4H3. The summed E-state index contributed by atoms with van der Waals surface area (Å²) in [6, 6.07) is 9.83. The molecule has 1 aliphatic rings. The molecule has 1 aliphatic heterocycles. The fourth-order valence-electron chi connectivity index (χ4n) is 3.60. The van der Waals surface area contributed by atoms with Crippen LogP contribution < -0.4 is 0 Å². The van der Waals surface area contributed by atoms with E-state index in [0.717, 1.165) is 5.56 Å². The van der Waals surface area contributed by atoms with E-state index in [2.05, 4.69) is 5.10 Å². The number of esters is 1. The molecule has 1 fully saturated rings. The van der Waals surface area contributed by atoms with Gasteiger partial charge >= 0.3 is 5.97 Å². The van der Waals surface area contributed by atoms with E-state index in [1.54, 1.807) is 10.9 Å². The highest BCUT2D eigenvalue weighted by Gasteiger charge is 2.37. The van der Waals surface area contributed by atoms with Crippen LogP contribution in [0.15, 0.2) is 41.4 Å². The van der Waals surface area contributed by atoms with Gasteiger partial charge in [-0.05, 0) is 18.4 Å². The van der Waals surface area contributed by atoms with Crippen LogP contribution in [0.3, 0.4) is 0 Å². The van der Waals surface area contributed by atoms with Crippen LogP contribution in [0.5, 0.6) is 0 Å². The first-order chi connectivity index (χ1) is 13.6. The number of hydrogen-bond donors (Lipinski definition) is 0. The van der Waals surface area contributed by atoms with Crippen molar-refractivity contribution in [3.05, 3.63) is 47.8 Å². The van der Waals surface area contributed by atoms with Crippen molar-refractivity contribution in [3.8, 4) is 0 Å². The second-order valence-electron chi connectivity index (χ2n) is 8.48. The van der Waals surface area contributed by atoms with E-state index in [0.29, 0.717) is 38.2 Å². The fraction of sp³-hybridized carbons (Fsp3) is 0.524. The largest absolute Gasteiger partial charge is 0.469 e. The van der Waals surface area contributed by atoms with E-state index < -0.39 is 15.4 Å². The lowest BCUT2D eigenvalue weighted by atomic mass is 9.92. The van der Waals surface area contributed by atoms with Gasteiger partial charge in [0.05, 0.1) is 25.3 Å². The quantitative estimate of drug-likeness (QED) is 0.696. The Bertz CT molecular complexity index is 954. The number of ether oxygens (including phenoxy) is 1. The van der Waals surface area contributed by atoms with Gasteiger partial charge in [0, 0.05) is 24.7 Å². The summed E-state index contributed by atoms with van der Waals surface area (Å²) in [5.74, 6) is -0.512. The number of rotatable bonds is 5. The van der Waals surface area contributed by atoms with Gasteiger partial charge in [-0.15, -0.1) is 0 Å². The average molecular weight is 420 g/mol. The molecule has 158 valence electrons. The molecule has 0 atom stereocenters. The second kappa shape index (κ2) is 8.28. The van der Waals surface area contributed by atoms with Crippen LogP contribution in [-0.4, -0.2) is 48.7 Å². The molecule has 0 spiro atoms. The van der Waals surface area contributed by atoms with Gasteiger partial charge in [0.2, 0.25) is 10.0 Å². The van der Waals surface area contributed by atoms with Gasteiger partial charge in [0.25, 0.3) is 0 Å². The molecule has 1 saturated heterocycles. The Labute approximate surface area is 172 Å². The van der Waals surface area contributed by atoms with Crippen molar-refractivity contribution in [2.45, 2.75) is 50.5 Å². The molecule has 0 N–H and O–H groups in total. The zero-order chi connectivity index (χ0) is 21.2. The number of carbonyl (C=O) groups excluding carboxylic acids is 1. The molecule has 0 saturated carbocycles. The van der Waals surface area contributed by atoms with E-state index in [1.165, 1.54) is 11.4 Å². The number of carbonyl (C=O) groups is 1. The van der Waals surface area contributed by atoms with Gasteiger partial charge in [-0.1, -0.05) is 51.1 Å². The predicted molar refractivity (Wildman–Crippen MR) is 110 cm³/mol. The predicted octanol–water partition coefficient (Wildman–Crippen LogP) is 2.80. The molecular weight excluding hydrogens is 390 g/mol. The monoisotopic (exact) mass is 419 g/mol. The molecule has 1 aromatic heterocycles. The third-order valence-corrected chi connectivity index (χ3v) is 7.13. The second-order valence-corrected chi connectivity index (χ2v) is 10.4. The van der Waals surface area contributed by atoms with Crippen molar-refractivity contribution >= 4 is 16.0 Å². The van der Waals surface area contributed by atoms with Crippen LogP contribution >= 0.6 is 0 Å². The van der Waals surface area contributed by atoms with Gasteiger partial charge in [-0.25, -0.2) is 8.42 Å². The van der Waals surface area contributed by atoms with E-state index in [9.17, 15) is 13.2 Å². The van der Waals surface area contributed by atoms with Gasteiger partial charge in [-0.3, -0.25) is 9.48 Å². The molecule has 2 aromatic rings. The zero-order valence-electron chi connectivity index (χ0n) is 17.5. The number of piperidine rings is 1. The van der Waals surface area contributed by atoms with Crippen molar-refractivity contribution in [3.63, 3.8) is 0 Å². The molecule has 0 aliphatic carbocycles. The third-order valence-electron chi connectivity index (χ3n) is 5.23. The fourth-order valence-corrected chi connectivity index (χ4v) is 5.42. The maximum Gasteiger partial charge on any atom is 0.308 e. The Morgan fingerprint density at radius 3 is 2.34 bits per heavy atom. The maximum atomic E-state index is 13.4. The van der Waals surface area contributed by atoms with Crippen molar-refractivity contribution in [1.29, 1.82) is 0 Å². The lowest BCUT2D eigenvalue weighted by molar-refractivity contribution is -0.146. The highest BCUT2D eigenvalue weighted by Crippen LogP contribution is 2.32. The molecule has 2 heterocycles. The first-order valence-electron chi connectivity index (χ1n) is 9.83. The molecule has 7 nitrogen and oxygen atoms in total. The van der Waals surface area contributed by atoms with Gasteiger partial charge in [0.1, 0.15) is 4.90 Å².